The first-order valence-electron chi connectivity index (χ1n) is 5.91. The lowest BCUT2D eigenvalue weighted by Crippen LogP contribution is -2.32. The fourth-order valence-corrected chi connectivity index (χ4v) is 1.70. The molecule has 0 saturated heterocycles. The van der Waals surface area contributed by atoms with E-state index in [4.69, 9.17) is 21.4 Å². The van der Waals surface area contributed by atoms with Crippen LogP contribution in [0.5, 0.6) is 0 Å². The zero-order valence-corrected chi connectivity index (χ0v) is 11.4. The van der Waals surface area contributed by atoms with Gasteiger partial charge < -0.3 is 14.7 Å². The third kappa shape index (κ3) is 5.61. The zero-order chi connectivity index (χ0) is 14.3. The second kappa shape index (κ2) is 7.63. The molecule has 6 heteroatoms. The quantitative estimate of drug-likeness (QED) is 0.778. The first-order chi connectivity index (χ1) is 9.02. The van der Waals surface area contributed by atoms with Gasteiger partial charge in [-0.05, 0) is 31.2 Å². The summed E-state index contributed by atoms with van der Waals surface area (Å²) in [6.45, 7) is 2.15. The number of carbonyl (C=O) groups is 2. The smallest absolute Gasteiger partial charge is 0.323 e. The minimum atomic E-state index is -0.959. The van der Waals surface area contributed by atoms with Crippen LogP contribution in [0.15, 0.2) is 24.3 Å². The average molecular weight is 286 g/mol. The molecule has 0 radical (unpaired) electrons. The van der Waals surface area contributed by atoms with Crippen LogP contribution in [-0.2, 0) is 14.3 Å². The second-order valence-electron chi connectivity index (χ2n) is 3.85. The predicted molar refractivity (Wildman–Crippen MR) is 72.6 cm³/mol. The van der Waals surface area contributed by atoms with Gasteiger partial charge in [-0.3, -0.25) is 9.59 Å². The number of carboxylic acid groups (broad SMARTS) is 1. The van der Waals surface area contributed by atoms with Crippen LogP contribution >= 0.6 is 11.6 Å². The minimum absolute atomic E-state index is 0.143. The van der Waals surface area contributed by atoms with E-state index in [1.807, 2.05) is 0 Å². The molecule has 1 N–H and O–H groups in total. The van der Waals surface area contributed by atoms with Crippen LogP contribution in [0.4, 0.5) is 5.69 Å². The number of halogens is 1. The molecule has 1 aromatic carbocycles. The Morgan fingerprint density at radius 2 is 1.95 bits per heavy atom. The maximum Gasteiger partial charge on any atom is 0.323 e. The maximum absolute atomic E-state index is 11.3. The number of carboxylic acids is 1. The molecule has 0 atom stereocenters. The van der Waals surface area contributed by atoms with Gasteiger partial charge in [0.15, 0.2) is 0 Å². The van der Waals surface area contributed by atoms with Gasteiger partial charge in [0.25, 0.3) is 0 Å². The number of nitrogens with zero attached hydrogens (tertiary/aromatic N) is 1. The lowest BCUT2D eigenvalue weighted by Gasteiger charge is -2.22. The van der Waals surface area contributed by atoms with Gasteiger partial charge in [-0.2, -0.15) is 0 Å². The molecule has 0 heterocycles. The molecule has 0 unspecified atom stereocenters. The van der Waals surface area contributed by atoms with Crippen LogP contribution in [0.2, 0.25) is 5.02 Å². The second-order valence-corrected chi connectivity index (χ2v) is 4.28. The maximum atomic E-state index is 11.3. The Morgan fingerprint density at radius 3 is 2.47 bits per heavy atom. The van der Waals surface area contributed by atoms with Crippen LogP contribution in [0.3, 0.4) is 0 Å². The molecule has 0 amide bonds. The van der Waals surface area contributed by atoms with Crippen molar-refractivity contribution in [2.45, 2.75) is 13.3 Å². The summed E-state index contributed by atoms with van der Waals surface area (Å²) in [7, 11) is 0. The summed E-state index contributed by atoms with van der Waals surface area (Å²) in [5.74, 6) is -1.30. The molecule has 0 spiro atoms. The Morgan fingerprint density at radius 1 is 1.32 bits per heavy atom. The monoisotopic (exact) mass is 285 g/mol. The van der Waals surface area contributed by atoms with E-state index in [2.05, 4.69) is 0 Å². The standard InChI is InChI=1S/C13H16ClNO4/c1-2-19-13(18)7-8-15(9-12(16)17)11-5-3-10(14)4-6-11/h3-6H,2,7-9H2,1H3,(H,16,17). The molecule has 0 fully saturated rings. The first-order valence-corrected chi connectivity index (χ1v) is 6.28. The summed E-state index contributed by atoms with van der Waals surface area (Å²) >= 11 is 5.78. The van der Waals surface area contributed by atoms with E-state index in [9.17, 15) is 9.59 Å². The lowest BCUT2D eigenvalue weighted by molar-refractivity contribution is -0.143. The summed E-state index contributed by atoms with van der Waals surface area (Å²) < 4.78 is 4.82. The summed E-state index contributed by atoms with van der Waals surface area (Å²) in [6, 6.07) is 6.79. The van der Waals surface area contributed by atoms with E-state index in [-0.39, 0.29) is 25.5 Å². The molecule has 0 aliphatic rings. The van der Waals surface area contributed by atoms with Crippen LogP contribution < -0.4 is 4.90 Å². The van der Waals surface area contributed by atoms with Crippen molar-refractivity contribution in [3.8, 4) is 0 Å². The highest BCUT2D eigenvalue weighted by molar-refractivity contribution is 6.30. The minimum Gasteiger partial charge on any atom is -0.480 e. The van der Waals surface area contributed by atoms with Gasteiger partial charge in [0.1, 0.15) is 6.54 Å². The summed E-state index contributed by atoms with van der Waals surface area (Å²) in [4.78, 5) is 23.7. The van der Waals surface area contributed by atoms with Gasteiger partial charge in [-0.15, -0.1) is 0 Å². The molecule has 0 saturated carbocycles. The van der Waals surface area contributed by atoms with E-state index >= 15 is 0 Å². The van der Waals surface area contributed by atoms with Crippen molar-refractivity contribution in [2.24, 2.45) is 0 Å². The Kier molecular flexibility index (Phi) is 6.15. The Hall–Kier alpha value is -1.75. The molecule has 5 nitrogen and oxygen atoms in total. The van der Waals surface area contributed by atoms with E-state index in [0.717, 1.165) is 0 Å². The van der Waals surface area contributed by atoms with Gasteiger partial charge in [0.2, 0.25) is 0 Å². The van der Waals surface area contributed by atoms with E-state index in [0.29, 0.717) is 17.3 Å². The number of hydrogen-bond acceptors (Lipinski definition) is 4. The van der Waals surface area contributed by atoms with Crippen molar-refractivity contribution in [1.82, 2.24) is 0 Å². The van der Waals surface area contributed by atoms with Crippen LogP contribution in [0.25, 0.3) is 0 Å². The van der Waals surface area contributed by atoms with E-state index < -0.39 is 5.97 Å². The fraction of sp³-hybridized carbons (Fsp3) is 0.385. The normalized spacial score (nSPS) is 10.0. The van der Waals surface area contributed by atoms with Crippen LogP contribution in [-0.4, -0.2) is 36.7 Å². The average Bonchev–Trinajstić information content (AvgIpc) is 2.35. The molecule has 0 aliphatic carbocycles. The number of carbonyl (C=O) groups excluding carboxylic acids is 1. The largest absolute Gasteiger partial charge is 0.480 e. The Balaban J connectivity index is 2.69. The highest BCUT2D eigenvalue weighted by Gasteiger charge is 2.13. The molecule has 0 aliphatic heterocycles. The number of aliphatic carboxylic acids is 1. The number of benzene rings is 1. The zero-order valence-electron chi connectivity index (χ0n) is 10.6. The molecular formula is C13H16ClNO4. The van der Waals surface area contributed by atoms with Gasteiger partial charge >= 0.3 is 11.9 Å². The lowest BCUT2D eigenvalue weighted by atomic mass is 10.2. The summed E-state index contributed by atoms with van der Waals surface area (Å²) in [6.07, 6.45) is 0.143. The van der Waals surface area contributed by atoms with Crippen molar-refractivity contribution >= 4 is 29.2 Å². The Labute approximate surface area is 116 Å². The third-order valence-corrected chi connectivity index (χ3v) is 2.66. The predicted octanol–water partition coefficient (Wildman–Crippen LogP) is 2.18. The van der Waals surface area contributed by atoms with Crippen LogP contribution in [0.1, 0.15) is 13.3 Å². The SMILES string of the molecule is CCOC(=O)CCN(CC(=O)O)c1ccc(Cl)cc1. The van der Waals surface area contributed by atoms with Gasteiger partial charge in [0, 0.05) is 17.3 Å². The fourth-order valence-electron chi connectivity index (χ4n) is 1.57. The topological polar surface area (TPSA) is 66.8 Å². The van der Waals surface area contributed by atoms with Crippen molar-refractivity contribution in [3.05, 3.63) is 29.3 Å². The first kappa shape index (κ1) is 15.3. The van der Waals surface area contributed by atoms with Crippen molar-refractivity contribution < 1.29 is 19.4 Å². The molecule has 19 heavy (non-hydrogen) atoms. The third-order valence-electron chi connectivity index (χ3n) is 2.41. The van der Waals surface area contributed by atoms with E-state index in [1.54, 1.807) is 36.1 Å². The Bertz CT molecular complexity index is 433. The molecule has 104 valence electrons. The highest BCUT2D eigenvalue weighted by atomic mass is 35.5. The molecule has 0 bridgehead atoms. The number of anilines is 1. The van der Waals surface area contributed by atoms with E-state index in [1.165, 1.54) is 0 Å². The molecule has 1 rings (SSSR count). The van der Waals surface area contributed by atoms with Crippen molar-refractivity contribution in [3.63, 3.8) is 0 Å². The van der Waals surface area contributed by atoms with Gasteiger partial charge in [-0.25, -0.2) is 0 Å². The molecule has 1 aromatic rings. The molecular weight excluding hydrogens is 270 g/mol. The number of rotatable bonds is 7. The van der Waals surface area contributed by atoms with Gasteiger partial charge in [-0.1, -0.05) is 11.6 Å². The number of hydrogen-bond donors (Lipinski definition) is 1. The number of ether oxygens (including phenoxy) is 1. The van der Waals surface area contributed by atoms with Crippen LogP contribution in [0, 0.1) is 0 Å². The van der Waals surface area contributed by atoms with Crippen molar-refractivity contribution in [2.75, 3.05) is 24.6 Å². The molecule has 0 aromatic heterocycles. The summed E-state index contributed by atoms with van der Waals surface area (Å²) in [5.41, 5.74) is 0.705. The number of esters is 1. The van der Waals surface area contributed by atoms with Crippen molar-refractivity contribution in [1.29, 1.82) is 0 Å². The summed E-state index contributed by atoms with van der Waals surface area (Å²) in [5, 5.41) is 9.46. The highest BCUT2D eigenvalue weighted by Crippen LogP contribution is 2.18. The van der Waals surface area contributed by atoms with Gasteiger partial charge in [0.05, 0.1) is 13.0 Å².